The maximum Gasteiger partial charge on any atom is 0.0708 e. The number of hydrogen-bond donors (Lipinski definition) is 0. The van der Waals surface area contributed by atoms with Gasteiger partial charge in [-0.25, -0.2) is 0 Å². The van der Waals surface area contributed by atoms with E-state index in [9.17, 15) is 0 Å². The Kier molecular flexibility index (Phi) is 5.48. The summed E-state index contributed by atoms with van der Waals surface area (Å²) in [5.74, 6) is 0. The first kappa shape index (κ1) is 27.7. The third-order valence-electron chi connectivity index (χ3n) is 11.4. The van der Waals surface area contributed by atoms with Crippen LogP contribution in [0.1, 0.15) is 25.0 Å². The smallest absolute Gasteiger partial charge is 0.0708 e. The summed E-state index contributed by atoms with van der Waals surface area (Å²) < 4.78 is 2.38. The lowest BCUT2D eigenvalue weighted by Crippen LogP contribution is -2.15. The van der Waals surface area contributed by atoms with Gasteiger partial charge in [-0.1, -0.05) is 117 Å². The lowest BCUT2D eigenvalue weighted by atomic mass is 9.81. The van der Waals surface area contributed by atoms with Crippen LogP contribution in [0.5, 0.6) is 0 Å². The van der Waals surface area contributed by atoms with Gasteiger partial charge in [0.2, 0.25) is 0 Å². The zero-order valence-electron chi connectivity index (χ0n) is 27.9. The molecule has 50 heavy (non-hydrogen) atoms. The molecule has 2 heterocycles. The van der Waals surface area contributed by atoms with Gasteiger partial charge in [-0.05, 0) is 109 Å². The summed E-state index contributed by atoms with van der Waals surface area (Å²) in [7, 11) is 0. The molecule has 0 saturated heterocycles. The van der Waals surface area contributed by atoms with Gasteiger partial charge >= 0.3 is 0 Å². The summed E-state index contributed by atoms with van der Waals surface area (Å²) in [5, 5.41) is 5.17. The van der Waals surface area contributed by atoms with E-state index in [0.717, 1.165) is 11.3 Å². The third-order valence-corrected chi connectivity index (χ3v) is 11.4. The van der Waals surface area contributed by atoms with Gasteiger partial charge < -0.3 is 4.57 Å². The first-order valence-corrected chi connectivity index (χ1v) is 17.5. The monoisotopic (exact) mass is 636 g/mol. The second-order valence-electron chi connectivity index (χ2n) is 14.4. The van der Waals surface area contributed by atoms with E-state index in [1.807, 2.05) is 0 Å². The summed E-state index contributed by atoms with van der Waals surface area (Å²) >= 11 is 0. The number of rotatable bonds is 3. The molecule has 0 atom stereocenters. The normalized spacial score (nSPS) is 13.6. The predicted octanol–water partition coefficient (Wildman–Crippen LogP) is 12.6. The molecule has 0 amide bonds. The Morgan fingerprint density at radius 3 is 1.90 bits per heavy atom. The first-order valence-electron chi connectivity index (χ1n) is 17.5. The van der Waals surface area contributed by atoms with Crippen molar-refractivity contribution in [1.82, 2.24) is 9.55 Å². The Morgan fingerprint density at radius 1 is 0.460 bits per heavy atom. The van der Waals surface area contributed by atoms with Crippen LogP contribution in [0.2, 0.25) is 0 Å². The number of fused-ring (bicyclic) bond motifs is 9. The summed E-state index contributed by atoms with van der Waals surface area (Å²) in [5.41, 5.74) is 18.6. The van der Waals surface area contributed by atoms with Gasteiger partial charge in [-0.3, -0.25) is 4.98 Å². The zero-order valence-corrected chi connectivity index (χ0v) is 27.9. The highest BCUT2D eigenvalue weighted by atomic mass is 15.0. The van der Waals surface area contributed by atoms with Crippen molar-refractivity contribution >= 4 is 32.6 Å². The lowest BCUT2D eigenvalue weighted by molar-refractivity contribution is 0.661. The van der Waals surface area contributed by atoms with Gasteiger partial charge in [0, 0.05) is 39.2 Å². The fourth-order valence-corrected chi connectivity index (χ4v) is 8.92. The number of nitrogens with zero attached hydrogens (tertiary/aromatic N) is 2. The van der Waals surface area contributed by atoms with Crippen molar-refractivity contribution < 1.29 is 0 Å². The molecule has 2 aliphatic rings. The Balaban J connectivity index is 0.993. The molecule has 0 saturated carbocycles. The highest BCUT2D eigenvalue weighted by Gasteiger charge is 2.36. The van der Waals surface area contributed by atoms with Crippen molar-refractivity contribution in [3.05, 3.63) is 169 Å². The fourth-order valence-electron chi connectivity index (χ4n) is 8.92. The van der Waals surface area contributed by atoms with Crippen LogP contribution in [0.4, 0.5) is 0 Å². The molecule has 7 aromatic carbocycles. The van der Waals surface area contributed by atoms with Crippen LogP contribution in [0.15, 0.2) is 158 Å². The summed E-state index contributed by atoms with van der Waals surface area (Å²) in [6.45, 7) is 4.74. The average molecular weight is 637 g/mol. The van der Waals surface area contributed by atoms with Gasteiger partial charge in [0.05, 0.1) is 16.7 Å². The quantitative estimate of drug-likeness (QED) is 0.189. The molecule has 0 unspecified atom stereocenters. The first-order chi connectivity index (χ1) is 24.5. The van der Waals surface area contributed by atoms with Crippen molar-refractivity contribution in [3.63, 3.8) is 0 Å². The predicted molar refractivity (Wildman–Crippen MR) is 209 cm³/mol. The van der Waals surface area contributed by atoms with Gasteiger partial charge in [-0.15, -0.1) is 0 Å². The Morgan fingerprint density at radius 2 is 1.10 bits per heavy atom. The second kappa shape index (κ2) is 9.90. The molecule has 11 rings (SSSR count). The van der Waals surface area contributed by atoms with Gasteiger partial charge in [0.15, 0.2) is 0 Å². The molecule has 0 bridgehead atoms. The summed E-state index contributed by atoms with van der Waals surface area (Å²) in [6, 6.07) is 55.9. The summed E-state index contributed by atoms with van der Waals surface area (Å²) in [4.78, 5) is 5.03. The number of hydrogen-bond acceptors (Lipinski definition) is 1. The largest absolute Gasteiger partial charge is 0.309 e. The number of benzene rings is 7. The van der Waals surface area contributed by atoms with E-state index < -0.39 is 0 Å². The van der Waals surface area contributed by atoms with E-state index in [1.165, 1.54) is 93.9 Å². The van der Waals surface area contributed by atoms with E-state index in [0.29, 0.717) is 0 Å². The van der Waals surface area contributed by atoms with Crippen molar-refractivity contribution in [2.24, 2.45) is 0 Å². The molecule has 2 heteroatoms. The number of aromatic nitrogens is 2. The molecule has 234 valence electrons. The van der Waals surface area contributed by atoms with E-state index in [2.05, 4.69) is 176 Å². The Bertz CT molecular complexity index is 2880. The molecule has 9 aromatic rings. The van der Waals surface area contributed by atoms with Crippen molar-refractivity contribution in [2.45, 2.75) is 19.3 Å². The third kappa shape index (κ3) is 3.71. The van der Waals surface area contributed by atoms with Gasteiger partial charge in [-0.2, -0.15) is 0 Å². The highest BCUT2D eigenvalue weighted by molar-refractivity contribution is 6.15. The molecule has 2 nitrogen and oxygen atoms in total. The zero-order chi connectivity index (χ0) is 33.1. The van der Waals surface area contributed by atoms with Crippen LogP contribution in [-0.2, 0) is 5.41 Å². The molecule has 0 N–H and O–H groups in total. The Hall–Kier alpha value is -6.25. The Labute approximate surface area is 290 Å². The molecular weight excluding hydrogens is 605 g/mol. The van der Waals surface area contributed by atoms with E-state index >= 15 is 0 Å². The van der Waals surface area contributed by atoms with Crippen molar-refractivity contribution in [2.75, 3.05) is 0 Å². The minimum Gasteiger partial charge on any atom is -0.309 e. The van der Waals surface area contributed by atoms with Crippen molar-refractivity contribution in [1.29, 1.82) is 0 Å². The molecular formula is C48H32N2. The fraction of sp³-hybridized carbons (Fsp3) is 0.0625. The summed E-state index contributed by atoms with van der Waals surface area (Å²) in [6.07, 6.45) is 2.08. The lowest BCUT2D eigenvalue weighted by Gasteiger charge is -2.22. The van der Waals surface area contributed by atoms with Gasteiger partial charge in [0.1, 0.15) is 0 Å². The number of para-hydroxylation sites is 2. The minimum absolute atomic E-state index is 0.150. The second-order valence-corrected chi connectivity index (χ2v) is 14.4. The topological polar surface area (TPSA) is 17.8 Å². The van der Waals surface area contributed by atoms with Crippen molar-refractivity contribution in [3.8, 4) is 61.5 Å². The highest BCUT2D eigenvalue weighted by Crippen LogP contribution is 2.52. The molecule has 0 aliphatic heterocycles. The SMILES string of the molecule is CC1(C)c2cc(-c3ccc4c(c3)c3ccccc3n4-c3ccccc3)ccc2-c2ccc(-c3cc4c(cn3)-c3cccc5cccc-4c35)cc21. The van der Waals surface area contributed by atoms with Crippen LogP contribution in [-0.4, -0.2) is 9.55 Å². The minimum atomic E-state index is -0.150. The maximum absolute atomic E-state index is 5.03. The van der Waals surface area contributed by atoms with E-state index in [-0.39, 0.29) is 5.41 Å². The molecule has 0 fully saturated rings. The number of pyridine rings is 1. The van der Waals surface area contributed by atoms with Gasteiger partial charge in [0.25, 0.3) is 0 Å². The van der Waals surface area contributed by atoms with Crippen LogP contribution < -0.4 is 0 Å². The van der Waals surface area contributed by atoms with E-state index in [1.54, 1.807) is 0 Å². The molecule has 0 radical (unpaired) electrons. The molecule has 2 aliphatic carbocycles. The standard InChI is InChI=1S/C48H32N2/c1-48(2)42-25-31(30-20-23-46-40(24-30)36-14-6-7-17-45(36)50(46)33-12-4-3-5-13-33)18-21-34(42)35-22-19-32(26-43(35)48)44-27-39-37-15-8-10-29-11-9-16-38(47(29)37)41(39)28-49-44/h3-28H,1-2H3. The molecule has 2 aromatic heterocycles. The van der Waals surface area contributed by atoms with Crippen LogP contribution in [0, 0.1) is 0 Å². The van der Waals surface area contributed by atoms with Crippen LogP contribution in [0.3, 0.4) is 0 Å². The molecule has 0 spiro atoms. The van der Waals surface area contributed by atoms with E-state index in [4.69, 9.17) is 4.98 Å². The van der Waals surface area contributed by atoms with Crippen LogP contribution in [0.25, 0.3) is 94.0 Å². The average Bonchev–Trinajstić information content (AvgIpc) is 3.75. The maximum atomic E-state index is 5.03. The van der Waals surface area contributed by atoms with Crippen LogP contribution >= 0.6 is 0 Å².